The summed E-state index contributed by atoms with van der Waals surface area (Å²) in [5.41, 5.74) is 0.746. The van der Waals surface area contributed by atoms with Gasteiger partial charge in [0, 0.05) is 20.4 Å². The van der Waals surface area contributed by atoms with Crippen LogP contribution in [0.2, 0.25) is 5.02 Å². The molecule has 0 N–H and O–H groups in total. The van der Waals surface area contributed by atoms with E-state index in [0.29, 0.717) is 5.58 Å². The van der Waals surface area contributed by atoms with Gasteiger partial charge in [0.05, 0.1) is 0 Å². The third-order valence-corrected chi connectivity index (χ3v) is 3.77. The third kappa shape index (κ3) is 2.37. The zero-order chi connectivity index (χ0) is 14.3. The predicted octanol–water partition coefficient (Wildman–Crippen LogP) is 5.22. The van der Waals surface area contributed by atoms with Crippen molar-refractivity contribution in [3.8, 4) is 0 Å². The summed E-state index contributed by atoms with van der Waals surface area (Å²) in [6.07, 6.45) is 0. The molecule has 0 aliphatic carbocycles. The highest BCUT2D eigenvalue weighted by Gasteiger charge is 2.17. The molecule has 0 atom stereocenters. The minimum absolute atomic E-state index is 0.147. The molecule has 0 aliphatic heterocycles. The lowest BCUT2D eigenvalue weighted by molar-refractivity contribution is 0.101. The molecular formula is C15H7BrClFO2. The average molecular weight is 354 g/mol. The summed E-state index contributed by atoms with van der Waals surface area (Å²) in [5, 5.41) is 0.962. The Kier molecular flexibility index (Phi) is 3.36. The maximum atomic E-state index is 13.3. The molecule has 2 aromatic carbocycles. The van der Waals surface area contributed by atoms with Crippen LogP contribution in [0.5, 0.6) is 0 Å². The standard InChI is InChI=1S/C15H7BrClFO2/c16-12-2-1-3-13-11(12)7-14(20-13)15(19)8-4-9(17)6-10(18)5-8/h1-7H. The van der Waals surface area contributed by atoms with Gasteiger partial charge in [-0.05, 0) is 36.4 Å². The van der Waals surface area contributed by atoms with Gasteiger partial charge in [0.15, 0.2) is 5.76 Å². The fourth-order valence-corrected chi connectivity index (χ4v) is 2.65. The van der Waals surface area contributed by atoms with Crippen molar-refractivity contribution in [3.05, 3.63) is 69.1 Å². The molecule has 3 aromatic rings. The fourth-order valence-electron chi connectivity index (χ4n) is 1.96. The van der Waals surface area contributed by atoms with Gasteiger partial charge in [-0.25, -0.2) is 4.39 Å². The van der Waals surface area contributed by atoms with E-state index >= 15 is 0 Å². The van der Waals surface area contributed by atoms with Crippen LogP contribution in [0, 0.1) is 5.82 Å². The van der Waals surface area contributed by atoms with E-state index in [4.69, 9.17) is 16.0 Å². The molecule has 0 unspecified atom stereocenters. The number of rotatable bonds is 2. The Morgan fingerprint density at radius 3 is 2.70 bits per heavy atom. The van der Waals surface area contributed by atoms with E-state index in [9.17, 15) is 9.18 Å². The van der Waals surface area contributed by atoms with Gasteiger partial charge in [0.2, 0.25) is 5.78 Å². The number of hydrogen-bond acceptors (Lipinski definition) is 2. The van der Waals surface area contributed by atoms with Gasteiger partial charge in [-0.2, -0.15) is 0 Å². The highest BCUT2D eigenvalue weighted by atomic mass is 79.9. The summed E-state index contributed by atoms with van der Waals surface area (Å²) in [7, 11) is 0. The van der Waals surface area contributed by atoms with Crippen LogP contribution >= 0.6 is 27.5 Å². The van der Waals surface area contributed by atoms with Crippen LogP contribution in [0.3, 0.4) is 0 Å². The Morgan fingerprint density at radius 1 is 1.20 bits per heavy atom. The molecule has 1 aromatic heterocycles. The lowest BCUT2D eigenvalue weighted by atomic mass is 10.1. The molecule has 20 heavy (non-hydrogen) atoms. The Bertz CT molecular complexity index is 806. The fraction of sp³-hybridized carbons (Fsp3) is 0. The van der Waals surface area contributed by atoms with Gasteiger partial charge < -0.3 is 4.42 Å². The van der Waals surface area contributed by atoms with Crippen molar-refractivity contribution in [1.29, 1.82) is 0 Å². The minimum atomic E-state index is -0.557. The van der Waals surface area contributed by atoms with E-state index in [2.05, 4.69) is 15.9 Å². The van der Waals surface area contributed by atoms with Crippen LogP contribution in [-0.4, -0.2) is 5.78 Å². The van der Waals surface area contributed by atoms with Crippen LogP contribution in [0.4, 0.5) is 4.39 Å². The molecular weight excluding hydrogens is 347 g/mol. The van der Waals surface area contributed by atoms with Crippen molar-refractivity contribution in [2.24, 2.45) is 0 Å². The Hall–Kier alpha value is -1.65. The molecule has 0 fully saturated rings. The van der Waals surface area contributed by atoms with Crippen LogP contribution < -0.4 is 0 Å². The topological polar surface area (TPSA) is 30.2 Å². The normalized spacial score (nSPS) is 10.9. The maximum absolute atomic E-state index is 13.3. The first-order valence-corrected chi connectivity index (χ1v) is 6.90. The quantitative estimate of drug-likeness (QED) is 0.591. The molecule has 0 amide bonds. The van der Waals surface area contributed by atoms with E-state index in [1.807, 2.05) is 12.1 Å². The molecule has 1 heterocycles. The molecule has 100 valence electrons. The van der Waals surface area contributed by atoms with Gasteiger partial charge in [-0.1, -0.05) is 33.6 Å². The molecule has 0 radical (unpaired) electrons. The van der Waals surface area contributed by atoms with Crippen molar-refractivity contribution in [2.75, 3.05) is 0 Å². The summed E-state index contributed by atoms with van der Waals surface area (Å²) < 4.78 is 19.6. The Labute approximate surface area is 127 Å². The number of furan rings is 1. The number of benzene rings is 2. The van der Waals surface area contributed by atoms with Crippen LogP contribution in [0.15, 0.2) is 51.4 Å². The second-order valence-electron chi connectivity index (χ2n) is 4.25. The lowest BCUT2D eigenvalue weighted by Crippen LogP contribution is -2.00. The van der Waals surface area contributed by atoms with Crippen LogP contribution in [0.25, 0.3) is 11.0 Å². The minimum Gasteiger partial charge on any atom is -0.453 e. The first kappa shape index (κ1) is 13.3. The molecule has 3 rings (SSSR count). The van der Waals surface area contributed by atoms with E-state index in [-0.39, 0.29) is 16.3 Å². The molecule has 0 spiro atoms. The summed E-state index contributed by atoms with van der Waals surface area (Å²) in [5.74, 6) is -0.818. The zero-order valence-electron chi connectivity index (χ0n) is 9.99. The largest absolute Gasteiger partial charge is 0.453 e. The summed E-state index contributed by atoms with van der Waals surface area (Å²) in [6, 6.07) is 10.7. The van der Waals surface area contributed by atoms with Crippen LogP contribution in [-0.2, 0) is 0 Å². The monoisotopic (exact) mass is 352 g/mol. The van der Waals surface area contributed by atoms with E-state index in [1.165, 1.54) is 6.07 Å². The van der Waals surface area contributed by atoms with Crippen molar-refractivity contribution in [2.45, 2.75) is 0 Å². The van der Waals surface area contributed by atoms with Gasteiger partial charge in [-0.15, -0.1) is 0 Å². The zero-order valence-corrected chi connectivity index (χ0v) is 12.3. The average Bonchev–Trinajstić information content (AvgIpc) is 2.82. The first-order chi connectivity index (χ1) is 9.54. The summed E-state index contributed by atoms with van der Waals surface area (Å²) >= 11 is 9.14. The maximum Gasteiger partial charge on any atom is 0.228 e. The molecule has 0 saturated heterocycles. The third-order valence-electron chi connectivity index (χ3n) is 2.86. The summed E-state index contributed by atoms with van der Waals surface area (Å²) in [6.45, 7) is 0. The molecule has 0 aliphatic rings. The first-order valence-electron chi connectivity index (χ1n) is 5.73. The number of hydrogen-bond donors (Lipinski definition) is 0. The highest BCUT2D eigenvalue weighted by Crippen LogP contribution is 2.28. The van der Waals surface area contributed by atoms with Crippen molar-refractivity contribution < 1.29 is 13.6 Å². The van der Waals surface area contributed by atoms with Gasteiger partial charge >= 0.3 is 0 Å². The smallest absolute Gasteiger partial charge is 0.228 e. The number of carbonyl (C=O) groups excluding carboxylic acids is 1. The highest BCUT2D eigenvalue weighted by molar-refractivity contribution is 9.10. The number of halogens is 3. The molecule has 5 heteroatoms. The van der Waals surface area contributed by atoms with E-state index < -0.39 is 11.6 Å². The predicted molar refractivity (Wildman–Crippen MR) is 78.8 cm³/mol. The second-order valence-corrected chi connectivity index (χ2v) is 5.54. The van der Waals surface area contributed by atoms with E-state index in [0.717, 1.165) is 22.0 Å². The lowest BCUT2D eigenvalue weighted by Gasteiger charge is -1.99. The SMILES string of the molecule is O=C(c1cc(F)cc(Cl)c1)c1cc2c(Br)cccc2o1. The number of carbonyl (C=O) groups is 1. The number of fused-ring (bicyclic) bond motifs is 1. The molecule has 0 bridgehead atoms. The van der Waals surface area contributed by atoms with E-state index in [1.54, 1.807) is 12.1 Å². The Balaban J connectivity index is 2.10. The van der Waals surface area contributed by atoms with Gasteiger partial charge in [0.25, 0.3) is 0 Å². The molecule has 0 saturated carbocycles. The number of ketones is 1. The van der Waals surface area contributed by atoms with Crippen LogP contribution in [0.1, 0.15) is 16.1 Å². The van der Waals surface area contributed by atoms with Gasteiger partial charge in [0.1, 0.15) is 11.4 Å². The van der Waals surface area contributed by atoms with Crippen molar-refractivity contribution in [1.82, 2.24) is 0 Å². The molecule has 2 nitrogen and oxygen atoms in total. The second kappa shape index (κ2) is 5.04. The Morgan fingerprint density at radius 2 is 2.00 bits per heavy atom. The van der Waals surface area contributed by atoms with Crippen molar-refractivity contribution >= 4 is 44.3 Å². The van der Waals surface area contributed by atoms with Gasteiger partial charge in [-0.3, -0.25) is 4.79 Å². The summed E-state index contributed by atoms with van der Waals surface area (Å²) in [4.78, 5) is 12.3. The van der Waals surface area contributed by atoms with Crippen molar-refractivity contribution in [3.63, 3.8) is 0 Å².